The molecule has 38 nitrogen and oxygen atoms in total. The van der Waals surface area contributed by atoms with Gasteiger partial charge < -0.3 is 86.1 Å². The molecule has 0 aliphatic carbocycles. The highest BCUT2D eigenvalue weighted by Gasteiger charge is 2.43. The van der Waals surface area contributed by atoms with Crippen molar-refractivity contribution in [2.24, 2.45) is 47.0 Å². The van der Waals surface area contributed by atoms with E-state index in [-0.39, 0.29) is 123 Å². The van der Waals surface area contributed by atoms with Crippen molar-refractivity contribution in [2.45, 2.75) is 149 Å². The lowest BCUT2D eigenvalue weighted by Crippen LogP contribution is -2.46. The molecule has 8 heterocycles. The molecule has 8 fully saturated rings. The van der Waals surface area contributed by atoms with Gasteiger partial charge in [-0.1, -0.05) is 198 Å². The van der Waals surface area contributed by atoms with Crippen molar-refractivity contribution in [3.05, 3.63) is 270 Å². The van der Waals surface area contributed by atoms with Crippen LogP contribution >= 0.6 is 15.9 Å². The van der Waals surface area contributed by atoms with E-state index in [0.717, 1.165) is 89.4 Å². The van der Waals surface area contributed by atoms with Crippen molar-refractivity contribution < 1.29 is 96.8 Å². The number of esters is 6. The molecule has 0 aromatic heterocycles. The van der Waals surface area contributed by atoms with Crippen LogP contribution in [-0.4, -0.2) is 335 Å². The van der Waals surface area contributed by atoms with Crippen LogP contribution in [0.5, 0.6) is 0 Å². The largest absolute Gasteiger partial charge is 0.466 e. The van der Waals surface area contributed by atoms with E-state index < -0.39 is 33.5 Å². The molecule has 4 bridgehead atoms. The minimum atomic E-state index is -0.696. The molecule has 2 amide bonds. The standard InChI is InChI=1S/C16H21BN2O3.C15H20N2O4.C15H22N2O2.C14H19BN2O2.C13H17NO2.C9H9NO4.C7H15BN2O.C6H9BrO2.C6H12N2.C2H5NO3/c1-2-22-15(20)8-13-10-19(11-14(13)18-16(17)21)9-12-6-4-3-5-7-12;1-2-21-15(18)8-13-10-16(11-14(13)17(19)20)9-12-6-4-3-5-7-12;1-2-19-15(18)8-13-10-17(11-14(13)16)9-12-6-4-3-5-7-12;15-14(19)16-13-10-17(9-12(13)6-7-18)8-11-4-2-1-3-5-11;1-2-16-13(15)9-6-10-14-11-12-7-4-3-5-8-12;11-9(14-7-6-10(12)13)8-4-2-1-3-5-8;1-8(11)9-7-5-10-3-2-6(7)4-10;1-2-9-6(8)4-3-5-7;7-6-4-8-2-1-5(6)3-8;4-2-1-3(5)6/h3-7,13-14H,2,8-11H2,1H3,(H,18,21);3-7,13-14H,2,8-11H2,1H3;3-7,13-14H,2,8-11,16H2,1H3;1-5,12-13,18H,6-10H2,(H,16,19);3-9,14H,2,10-11H2,1H3;1-5H,6-7H2;6-7,9,11H,2-5H2,1H3;3-4H,2,5H2,1H3;5-6H,1-4,7H2;4H,1-2H2/b;;;;9-6+;;;4-3+;;/t3*13-,14-;12-,13-;;;;;;/m0000....../s1. The zero-order valence-electron chi connectivity index (χ0n) is 84.5. The number of halogens is 1. The normalized spacial score (nSPS) is 21.7. The zero-order chi connectivity index (χ0) is 106. The summed E-state index contributed by atoms with van der Waals surface area (Å²) in [5.74, 6) is -1.00. The predicted octanol–water partition coefficient (Wildman–Crippen LogP) is 7.99. The summed E-state index contributed by atoms with van der Waals surface area (Å²) in [6.07, 6.45) is 10.5. The Morgan fingerprint density at radius 2 is 0.848 bits per heavy atom. The molecule has 8 saturated heterocycles. The van der Waals surface area contributed by atoms with Gasteiger partial charge >= 0.3 is 42.9 Å². The average Bonchev–Trinajstić information content (AvgIpc) is 1.64. The molecule has 6 unspecified atom stereocenters. The molecule has 4 radical (unpaired) electrons. The summed E-state index contributed by atoms with van der Waals surface area (Å²) in [4.78, 5) is 132. The van der Waals surface area contributed by atoms with E-state index >= 15 is 0 Å². The van der Waals surface area contributed by atoms with Crippen LogP contribution in [0.25, 0.3) is 0 Å². The van der Waals surface area contributed by atoms with Crippen LogP contribution in [0.15, 0.2) is 206 Å². The molecule has 0 spiro atoms. The van der Waals surface area contributed by atoms with Gasteiger partial charge in [0, 0.05) is 186 Å². The van der Waals surface area contributed by atoms with E-state index in [4.69, 9.17) is 61.3 Å². The number of piperidine rings is 2. The molecule has 8 aliphatic heterocycles. The second-order valence-corrected chi connectivity index (χ2v) is 36.3. The molecule has 6 aromatic carbocycles. The van der Waals surface area contributed by atoms with E-state index in [2.05, 4.69) is 120 Å². The fraction of sp³-hybridized carbons (Fsp3) is 0.534. The number of carbonyl (C=O) groups excluding carboxylic acids is 8. The highest BCUT2D eigenvalue weighted by Crippen LogP contribution is 2.31. The number of nitrogens with zero attached hydrogens (tertiary/aromatic N) is 9. The summed E-state index contributed by atoms with van der Waals surface area (Å²) in [7, 11) is 10.1. The number of allylic oxidation sites excluding steroid dienone is 1. The number of likely N-dealkylation sites (tertiary alicyclic amines) is 4. The Kier molecular flexibility index (Phi) is 62.7. The zero-order valence-corrected chi connectivity index (χ0v) is 86.1. The van der Waals surface area contributed by atoms with Gasteiger partial charge in [-0.15, -0.1) is 0 Å². The summed E-state index contributed by atoms with van der Waals surface area (Å²) in [5, 5.41) is 69.0. The maximum atomic E-state index is 11.7. The second kappa shape index (κ2) is 73.1. The Morgan fingerprint density at radius 3 is 1.22 bits per heavy atom. The molecule has 145 heavy (non-hydrogen) atoms. The van der Waals surface area contributed by atoms with Crippen molar-refractivity contribution in [2.75, 3.05) is 169 Å². The van der Waals surface area contributed by atoms with Crippen LogP contribution in [0.3, 0.4) is 0 Å². The molecular weight excluding hydrogens is 1930 g/mol. The number of hydrogen-bond donors (Lipinski definition) is 9. The number of aliphatic hydroxyl groups is 2. The number of ether oxygens (including phenoxy) is 6. The van der Waals surface area contributed by atoms with E-state index in [0.29, 0.717) is 108 Å². The molecule has 6 aromatic rings. The number of amides is 2. The van der Waals surface area contributed by atoms with Crippen LogP contribution in [-0.2, 0) is 85.1 Å². The maximum absolute atomic E-state index is 11.7. The molecule has 14 atom stereocenters. The van der Waals surface area contributed by atoms with Gasteiger partial charge in [-0.25, -0.2) is 14.4 Å². The summed E-state index contributed by atoms with van der Waals surface area (Å²) in [6, 6.07) is 59.3. The number of nitrogens with one attached hydrogen (secondary N) is 4. The van der Waals surface area contributed by atoms with Gasteiger partial charge in [-0.2, -0.15) is 0 Å². The van der Waals surface area contributed by atoms with Gasteiger partial charge in [-0.3, -0.25) is 73.9 Å². The number of benzene rings is 6. The molecule has 0 saturated carbocycles. The summed E-state index contributed by atoms with van der Waals surface area (Å²) in [5.41, 5.74) is 18.4. The Bertz CT molecular complexity index is 4750. The first-order valence-corrected chi connectivity index (χ1v) is 50.7. The fourth-order valence-electron chi connectivity index (χ4n) is 17.7. The summed E-state index contributed by atoms with van der Waals surface area (Å²) < 4.78 is 28.9. The third kappa shape index (κ3) is 53.7. The van der Waals surface area contributed by atoms with E-state index in [1.807, 2.05) is 115 Å². The van der Waals surface area contributed by atoms with Gasteiger partial charge in [0.25, 0.3) is 0 Å². The van der Waals surface area contributed by atoms with Crippen LogP contribution in [0.1, 0.15) is 111 Å². The number of aliphatic hydroxyl groups excluding tert-OH is 2. The molecule has 14 rings (SSSR count). The first-order valence-electron chi connectivity index (χ1n) is 49.6. The van der Waals surface area contributed by atoms with E-state index in [9.17, 15) is 68.7 Å². The van der Waals surface area contributed by atoms with Crippen LogP contribution in [0.2, 0.25) is 6.82 Å². The van der Waals surface area contributed by atoms with Crippen LogP contribution in [0.4, 0.5) is 9.59 Å². The minimum Gasteiger partial charge on any atom is -0.466 e. The Labute approximate surface area is 864 Å². The van der Waals surface area contributed by atoms with Crippen molar-refractivity contribution in [1.82, 2.24) is 50.6 Å². The second-order valence-electron chi connectivity index (χ2n) is 35.7. The number of nitrogens with two attached hydrogens (primary N) is 2. The first kappa shape index (κ1) is 124. The Morgan fingerprint density at radius 1 is 0.455 bits per heavy atom. The van der Waals surface area contributed by atoms with Gasteiger partial charge in [0.1, 0.15) is 6.61 Å². The third-order valence-corrected chi connectivity index (χ3v) is 24.7. The number of rotatable bonds is 39. The van der Waals surface area contributed by atoms with E-state index in [1.54, 1.807) is 77.0 Å². The van der Waals surface area contributed by atoms with Gasteiger partial charge in [-0.05, 0) is 137 Å². The van der Waals surface area contributed by atoms with Gasteiger partial charge in [0.2, 0.25) is 34.8 Å². The lowest BCUT2D eigenvalue weighted by molar-refractivity contribution is -0.525. The summed E-state index contributed by atoms with van der Waals surface area (Å²) in [6.45, 7) is 29.3. The average molecular weight is 2080 g/mol. The van der Waals surface area contributed by atoms with Crippen LogP contribution < -0.4 is 32.6 Å². The topological polar surface area (TPSA) is 502 Å². The fourth-order valence-corrected chi connectivity index (χ4v) is 17.9. The maximum Gasteiger partial charge on any atom is 0.373 e. The monoisotopic (exact) mass is 2080 g/mol. The quantitative estimate of drug-likeness (QED) is 0.00258. The van der Waals surface area contributed by atoms with E-state index in [1.165, 1.54) is 73.4 Å². The van der Waals surface area contributed by atoms with Crippen molar-refractivity contribution in [1.29, 1.82) is 0 Å². The predicted molar refractivity (Wildman–Crippen MR) is 560 cm³/mol. The van der Waals surface area contributed by atoms with Gasteiger partial charge in [0.05, 0.1) is 70.3 Å². The SMILES string of the molecule is CB(O)NC1CN2CCC1C2.CCOC(=O)/C=C/CBr.CCOC(=O)/C=C/CNCc1ccccc1.CCOC(=O)C[C@H]1CN(Cc2ccccc2)C[C@@H]1N.CCOC(=O)C[C@H]1CN(Cc2ccccc2)C[C@@H]1[N+](=O)[O-].NC1CN2CCC1C2.O=C(OCC[N+](=O)[O-])c1ccccc1.O=[N+]([O-])CCO.[B]C(=O)N[C@H]1CN(Cc2ccccc2)C[C@@H]1CC(=O)OCC.[B]C(=O)N[C@H]1CN(Cc2ccccc2)C[C@@H]1CCO. The highest BCUT2D eigenvalue weighted by molar-refractivity contribution is 9.09. The first-order chi connectivity index (χ1) is 69.8. The van der Waals surface area contributed by atoms with Crippen molar-refractivity contribution in [3.8, 4) is 0 Å². The molecule has 11 N–H and O–H groups in total. The number of hydrogen-bond acceptors (Lipinski definition) is 33. The summed E-state index contributed by atoms with van der Waals surface area (Å²) >= 11 is 3.13. The number of alkyl halides is 1. The molecule has 8 aliphatic rings. The number of carbonyl (C=O) groups is 8. The lowest BCUT2D eigenvalue weighted by atomic mass is 9.84. The smallest absolute Gasteiger partial charge is 0.373 e. The Balaban J connectivity index is 0.000000289. The lowest BCUT2D eigenvalue weighted by Gasteiger charge is -2.23. The molecular formula is C103H149B3BrN15O23. The highest BCUT2D eigenvalue weighted by atomic mass is 79.9. The third-order valence-electron chi connectivity index (χ3n) is 24.3. The molecule has 42 heteroatoms. The molecule has 790 valence electrons. The Hall–Kier alpha value is -11.1. The van der Waals surface area contributed by atoms with Crippen molar-refractivity contribution in [3.63, 3.8) is 0 Å². The minimum absolute atomic E-state index is 0.0234. The number of nitro groups is 3. The number of fused-ring (bicyclic) bond motifs is 4. The van der Waals surface area contributed by atoms with Crippen molar-refractivity contribution >= 4 is 86.1 Å². The van der Waals surface area contributed by atoms with Crippen LogP contribution in [0, 0.1) is 65.9 Å². The van der Waals surface area contributed by atoms with Gasteiger partial charge in [0.15, 0.2) is 18.2 Å².